The quantitative estimate of drug-likeness (QED) is 0.724. The molecule has 2 unspecified atom stereocenters. The summed E-state index contributed by atoms with van der Waals surface area (Å²) in [5.74, 6) is 2.36. The number of nitrogens with one attached hydrogen (secondary N) is 1. The van der Waals surface area contributed by atoms with E-state index in [1.807, 2.05) is 0 Å². The van der Waals surface area contributed by atoms with Gasteiger partial charge >= 0.3 is 0 Å². The van der Waals surface area contributed by atoms with Gasteiger partial charge in [0.15, 0.2) is 0 Å². The summed E-state index contributed by atoms with van der Waals surface area (Å²) in [5.41, 5.74) is 0.0951. The van der Waals surface area contributed by atoms with Crippen LogP contribution in [-0.2, 0) is 4.79 Å². The molecule has 0 spiro atoms. The van der Waals surface area contributed by atoms with Gasteiger partial charge in [-0.3, -0.25) is 4.79 Å². The van der Waals surface area contributed by atoms with Crippen molar-refractivity contribution in [3.8, 4) is 0 Å². The highest BCUT2D eigenvalue weighted by molar-refractivity contribution is 5.82. The molecule has 3 fully saturated rings. The summed E-state index contributed by atoms with van der Waals surface area (Å²) in [6, 6.07) is 0. The molecule has 0 aromatic heterocycles. The Morgan fingerprint density at radius 1 is 1.31 bits per heavy atom. The van der Waals surface area contributed by atoms with Crippen LogP contribution >= 0.6 is 0 Å². The predicted octanol–water partition coefficient (Wildman–Crippen LogP) is 1.24. The van der Waals surface area contributed by atoms with E-state index in [-0.39, 0.29) is 5.54 Å². The number of carbonyl (C=O) groups is 1. The fourth-order valence-electron chi connectivity index (χ4n) is 3.73. The van der Waals surface area contributed by atoms with Crippen LogP contribution in [0.4, 0.5) is 0 Å². The lowest BCUT2D eigenvalue weighted by Gasteiger charge is -2.39. The number of hydrogen-bond acceptors (Lipinski definition) is 2. The molecular formula is C13H22N2O. The molecule has 0 radical (unpaired) electrons. The van der Waals surface area contributed by atoms with Gasteiger partial charge in [-0.15, -0.1) is 0 Å². The fraction of sp³-hybridized carbons (Fsp3) is 0.923. The fourth-order valence-corrected chi connectivity index (χ4v) is 3.73. The van der Waals surface area contributed by atoms with Gasteiger partial charge in [0.2, 0.25) is 5.91 Å². The number of carbonyl (C=O) groups excluding carboxylic acids is 1. The van der Waals surface area contributed by atoms with Crippen LogP contribution < -0.4 is 5.32 Å². The Morgan fingerprint density at radius 2 is 2.00 bits per heavy atom. The van der Waals surface area contributed by atoms with E-state index in [0.29, 0.717) is 11.8 Å². The third kappa shape index (κ3) is 1.65. The number of piperazine rings is 1. The molecule has 3 rings (SSSR count). The normalized spacial score (nSPS) is 40.6. The van der Waals surface area contributed by atoms with Gasteiger partial charge in [-0.25, -0.2) is 0 Å². The molecular weight excluding hydrogens is 200 g/mol. The maximum absolute atomic E-state index is 12.4. The number of rotatable bonds is 1. The second-order valence-corrected chi connectivity index (χ2v) is 6.35. The SMILES string of the molecule is CC1(C)CN(C(=O)C2C3CCCC32)CCN1. The number of amides is 1. The lowest BCUT2D eigenvalue weighted by atomic mass is 10.0. The molecule has 3 nitrogen and oxygen atoms in total. The van der Waals surface area contributed by atoms with Gasteiger partial charge < -0.3 is 10.2 Å². The Kier molecular flexibility index (Phi) is 2.29. The van der Waals surface area contributed by atoms with Crippen molar-refractivity contribution in [2.75, 3.05) is 19.6 Å². The molecule has 1 amide bonds. The van der Waals surface area contributed by atoms with E-state index >= 15 is 0 Å². The summed E-state index contributed by atoms with van der Waals surface area (Å²) in [4.78, 5) is 14.5. The lowest BCUT2D eigenvalue weighted by molar-refractivity contribution is -0.135. The number of fused-ring (bicyclic) bond motifs is 1. The average molecular weight is 222 g/mol. The van der Waals surface area contributed by atoms with Crippen molar-refractivity contribution in [2.24, 2.45) is 17.8 Å². The second kappa shape index (κ2) is 3.46. The summed E-state index contributed by atoms with van der Waals surface area (Å²) < 4.78 is 0. The zero-order valence-corrected chi connectivity index (χ0v) is 10.3. The van der Waals surface area contributed by atoms with Crippen molar-refractivity contribution in [1.29, 1.82) is 0 Å². The van der Waals surface area contributed by atoms with E-state index in [4.69, 9.17) is 0 Å². The van der Waals surface area contributed by atoms with Crippen molar-refractivity contribution in [3.63, 3.8) is 0 Å². The molecule has 1 aliphatic heterocycles. The smallest absolute Gasteiger partial charge is 0.226 e. The summed E-state index contributed by atoms with van der Waals surface area (Å²) in [5, 5.41) is 3.46. The second-order valence-electron chi connectivity index (χ2n) is 6.35. The van der Waals surface area contributed by atoms with Crippen LogP contribution in [0.1, 0.15) is 33.1 Å². The summed E-state index contributed by atoms with van der Waals surface area (Å²) in [6.07, 6.45) is 3.96. The first-order valence-corrected chi connectivity index (χ1v) is 6.62. The molecule has 90 valence electrons. The van der Waals surface area contributed by atoms with E-state index in [0.717, 1.165) is 31.5 Å². The highest BCUT2D eigenvalue weighted by Gasteiger charge is 2.57. The standard InChI is InChI=1S/C13H22N2O/c1-13(2)8-15(7-6-14-13)12(16)11-9-4-3-5-10(9)11/h9-11,14H,3-8H2,1-2H3. The molecule has 1 saturated heterocycles. The van der Waals surface area contributed by atoms with E-state index in [1.54, 1.807) is 0 Å². The maximum atomic E-state index is 12.4. The average Bonchev–Trinajstić information content (AvgIpc) is 2.68. The third-order valence-corrected chi connectivity index (χ3v) is 4.57. The van der Waals surface area contributed by atoms with Gasteiger partial charge in [-0.05, 0) is 38.5 Å². The predicted molar refractivity (Wildman–Crippen MR) is 63.0 cm³/mol. The van der Waals surface area contributed by atoms with Crippen LogP contribution in [0.3, 0.4) is 0 Å². The Bertz CT molecular complexity index is 303. The van der Waals surface area contributed by atoms with E-state index in [9.17, 15) is 4.79 Å². The Hall–Kier alpha value is -0.570. The molecule has 0 aromatic rings. The van der Waals surface area contributed by atoms with Crippen molar-refractivity contribution in [1.82, 2.24) is 10.2 Å². The molecule has 0 bridgehead atoms. The molecule has 16 heavy (non-hydrogen) atoms. The van der Waals surface area contributed by atoms with Crippen molar-refractivity contribution in [3.05, 3.63) is 0 Å². The van der Waals surface area contributed by atoms with Gasteiger partial charge in [0.05, 0.1) is 0 Å². The Labute approximate surface area is 97.6 Å². The molecule has 3 aliphatic rings. The minimum atomic E-state index is 0.0951. The van der Waals surface area contributed by atoms with Gasteiger partial charge in [-0.1, -0.05) is 6.42 Å². The summed E-state index contributed by atoms with van der Waals surface area (Å²) in [6.45, 7) is 7.08. The monoisotopic (exact) mass is 222 g/mol. The zero-order valence-electron chi connectivity index (χ0n) is 10.3. The maximum Gasteiger partial charge on any atom is 0.226 e. The van der Waals surface area contributed by atoms with Gasteiger partial charge in [0.25, 0.3) is 0 Å². The van der Waals surface area contributed by atoms with Crippen molar-refractivity contribution in [2.45, 2.75) is 38.6 Å². The lowest BCUT2D eigenvalue weighted by Crippen LogP contribution is -2.58. The van der Waals surface area contributed by atoms with Crippen LogP contribution in [0, 0.1) is 17.8 Å². The van der Waals surface area contributed by atoms with Crippen molar-refractivity contribution < 1.29 is 4.79 Å². The largest absolute Gasteiger partial charge is 0.339 e. The molecule has 2 aliphatic carbocycles. The Morgan fingerprint density at radius 3 is 2.62 bits per heavy atom. The van der Waals surface area contributed by atoms with E-state index < -0.39 is 0 Å². The van der Waals surface area contributed by atoms with Gasteiger partial charge in [0.1, 0.15) is 0 Å². The van der Waals surface area contributed by atoms with Crippen LogP contribution in [0.2, 0.25) is 0 Å². The number of nitrogens with zero attached hydrogens (tertiary/aromatic N) is 1. The minimum absolute atomic E-state index is 0.0951. The third-order valence-electron chi connectivity index (χ3n) is 4.57. The summed E-state index contributed by atoms with van der Waals surface area (Å²) >= 11 is 0. The van der Waals surface area contributed by atoms with Crippen molar-refractivity contribution >= 4 is 5.91 Å². The van der Waals surface area contributed by atoms with E-state index in [2.05, 4.69) is 24.1 Å². The Balaban J connectivity index is 1.63. The molecule has 0 aromatic carbocycles. The van der Waals surface area contributed by atoms with Gasteiger partial charge in [0, 0.05) is 31.1 Å². The first-order valence-electron chi connectivity index (χ1n) is 6.62. The topological polar surface area (TPSA) is 32.3 Å². The highest BCUT2D eigenvalue weighted by atomic mass is 16.2. The van der Waals surface area contributed by atoms with Crippen LogP contribution in [0.15, 0.2) is 0 Å². The zero-order chi connectivity index (χ0) is 11.3. The molecule has 2 saturated carbocycles. The molecule has 3 heteroatoms. The molecule has 1 N–H and O–H groups in total. The van der Waals surface area contributed by atoms with Crippen LogP contribution in [-0.4, -0.2) is 36.0 Å². The first-order chi connectivity index (χ1) is 7.58. The summed E-state index contributed by atoms with van der Waals surface area (Å²) in [7, 11) is 0. The van der Waals surface area contributed by atoms with E-state index in [1.165, 1.54) is 19.3 Å². The molecule has 1 heterocycles. The minimum Gasteiger partial charge on any atom is -0.339 e. The highest BCUT2D eigenvalue weighted by Crippen LogP contribution is 2.58. The molecule has 2 atom stereocenters. The number of hydrogen-bond donors (Lipinski definition) is 1. The van der Waals surface area contributed by atoms with Crippen LogP contribution in [0.25, 0.3) is 0 Å². The van der Waals surface area contributed by atoms with Crippen LogP contribution in [0.5, 0.6) is 0 Å². The van der Waals surface area contributed by atoms with Gasteiger partial charge in [-0.2, -0.15) is 0 Å². The first kappa shape index (κ1) is 10.6.